The third-order valence-corrected chi connectivity index (χ3v) is 5.41. The molecule has 1 amide bonds. The summed E-state index contributed by atoms with van der Waals surface area (Å²) < 4.78 is 0. The van der Waals surface area contributed by atoms with E-state index < -0.39 is 0 Å². The number of anilines is 2. The number of nitrogens with two attached hydrogens (primary N) is 1. The molecule has 1 aromatic carbocycles. The van der Waals surface area contributed by atoms with Crippen LogP contribution in [0.5, 0.6) is 0 Å². The van der Waals surface area contributed by atoms with Gasteiger partial charge in [0.15, 0.2) is 21.8 Å². The van der Waals surface area contributed by atoms with Gasteiger partial charge in [0.25, 0.3) is 0 Å². The summed E-state index contributed by atoms with van der Waals surface area (Å²) in [6.45, 7) is 0. The van der Waals surface area contributed by atoms with Crippen molar-refractivity contribution in [2.75, 3.05) is 16.8 Å². The number of hydrogen-bond acceptors (Lipinski definition) is 8. The van der Waals surface area contributed by atoms with E-state index >= 15 is 0 Å². The second-order valence-electron chi connectivity index (χ2n) is 5.38. The topological polar surface area (TPSA) is 122 Å². The van der Waals surface area contributed by atoms with Crippen molar-refractivity contribution in [1.29, 1.82) is 0 Å². The number of aromatic amines is 1. The molecule has 0 spiro atoms. The van der Waals surface area contributed by atoms with Crippen LogP contribution in [-0.4, -0.2) is 36.6 Å². The van der Waals surface area contributed by atoms with Crippen LogP contribution in [0.25, 0.3) is 22.4 Å². The third kappa shape index (κ3) is 4.02. The molecular weight excluding hydrogens is 406 g/mol. The maximum atomic E-state index is 12.2. The highest BCUT2D eigenvalue weighted by molar-refractivity contribution is 7.99. The molecule has 0 saturated carbocycles. The van der Waals surface area contributed by atoms with Crippen molar-refractivity contribution < 1.29 is 4.79 Å². The van der Waals surface area contributed by atoms with Crippen LogP contribution in [-0.2, 0) is 4.79 Å². The number of imidazole rings is 1. The van der Waals surface area contributed by atoms with Gasteiger partial charge < -0.3 is 16.0 Å². The first-order chi connectivity index (χ1) is 13.1. The fraction of sp³-hybridized carbons (Fsp3) is 0.0625. The van der Waals surface area contributed by atoms with Crippen LogP contribution in [0.2, 0.25) is 5.02 Å². The summed E-state index contributed by atoms with van der Waals surface area (Å²) in [6.07, 6.45) is 1.35. The van der Waals surface area contributed by atoms with Gasteiger partial charge in [-0.3, -0.25) is 4.79 Å². The van der Waals surface area contributed by atoms with Gasteiger partial charge in [0, 0.05) is 16.0 Å². The van der Waals surface area contributed by atoms with E-state index in [1.54, 1.807) is 12.1 Å². The normalized spacial score (nSPS) is 11.0. The molecule has 3 heterocycles. The number of thioether (sulfide) groups is 1. The van der Waals surface area contributed by atoms with Crippen LogP contribution in [0, 0.1) is 0 Å². The average molecular weight is 418 g/mol. The van der Waals surface area contributed by atoms with Crippen molar-refractivity contribution in [3.63, 3.8) is 0 Å². The van der Waals surface area contributed by atoms with Crippen molar-refractivity contribution in [1.82, 2.24) is 24.9 Å². The fourth-order valence-corrected chi connectivity index (χ4v) is 3.79. The molecule has 0 bridgehead atoms. The van der Waals surface area contributed by atoms with Crippen LogP contribution in [0.1, 0.15) is 0 Å². The van der Waals surface area contributed by atoms with Gasteiger partial charge in [-0.05, 0) is 12.1 Å². The summed E-state index contributed by atoms with van der Waals surface area (Å²) in [7, 11) is 0. The highest BCUT2D eigenvalue weighted by Crippen LogP contribution is 2.26. The number of carbonyl (C=O) groups excluding carboxylic acids is 1. The van der Waals surface area contributed by atoms with Crippen LogP contribution in [0.3, 0.4) is 0 Å². The molecule has 0 aliphatic heterocycles. The van der Waals surface area contributed by atoms with E-state index in [-0.39, 0.29) is 11.7 Å². The number of nitrogen functional groups attached to an aromatic ring is 1. The number of H-pyrrole nitrogens is 1. The summed E-state index contributed by atoms with van der Waals surface area (Å²) in [4.78, 5) is 31.8. The maximum Gasteiger partial charge on any atom is 0.236 e. The van der Waals surface area contributed by atoms with E-state index in [1.165, 1.54) is 29.4 Å². The van der Waals surface area contributed by atoms with E-state index in [0.717, 1.165) is 11.3 Å². The number of halogens is 1. The first-order valence-corrected chi connectivity index (χ1v) is 9.93. The van der Waals surface area contributed by atoms with Gasteiger partial charge >= 0.3 is 0 Å². The molecular formula is C16H12ClN7OS2. The predicted octanol–water partition coefficient (Wildman–Crippen LogP) is 3.44. The second-order valence-corrected chi connectivity index (χ2v) is 7.64. The van der Waals surface area contributed by atoms with Crippen LogP contribution in [0.4, 0.5) is 10.9 Å². The zero-order chi connectivity index (χ0) is 18.8. The van der Waals surface area contributed by atoms with Crippen molar-refractivity contribution in [2.45, 2.75) is 5.16 Å². The molecule has 136 valence electrons. The minimum Gasteiger partial charge on any atom is -0.382 e. The molecule has 0 atom stereocenters. The number of rotatable bonds is 5. The lowest BCUT2D eigenvalue weighted by atomic mass is 10.2. The molecule has 0 unspecified atom stereocenters. The largest absolute Gasteiger partial charge is 0.382 e. The first-order valence-electron chi connectivity index (χ1n) is 7.69. The van der Waals surface area contributed by atoms with Gasteiger partial charge in [0.05, 0.1) is 11.4 Å². The summed E-state index contributed by atoms with van der Waals surface area (Å²) in [5, 5.41) is 6.41. The monoisotopic (exact) mass is 417 g/mol. The standard InChI is InChI=1S/C16H12ClN7OS2/c17-9-3-1-8(2-4-9)10-5-26-15(21-10)22-11(25)6-27-16-23-12-13(18)19-7-20-14(12)24-16/h1-5,7H,6H2,(H,21,22,25)(H3,18,19,20,23,24). The number of benzene rings is 1. The minimum absolute atomic E-state index is 0.170. The Morgan fingerprint density at radius 3 is 2.85 bits per heavy atom. The molecule has 3 aromatic heterocycles. The lowest BCUT2D eigenvalue weighted by Crippen LogP contribution is -2.13. The Balaban J connectivity index is 1.38. The van der Waals surface area contributed by atoms with Gasteiger partial charge in [0.2, 0.25) is 5.91 Å². The van der Waals surface area contributed by atoms with E-state index in [1.807, 2.05) is 17.5 Å². The molecule has 27 heavy (non-hydrogen) atoms. The van der Waals surface area contributed by atoms with Crippen molar-refractivity contribution in [3.05, 3.63) is 41.0 Å². The summed E-state index contributed by atoms with van der Waals surface area (Å²) >= 11 is 8.50. The summed E-state index contributed by atoms with van der Waals surface area (Å²) in [5.74, 6) is 0.307. The molecule has 4 N–H and O–H groups in total. The molecule has 4 rings (SSSR count). The molecule has 0 aliphatic carbocycles. The molecule has 4 aromatic rings. The Hall–Kier alpha value is -2.69. The van der Waals surface area contributed by atoms with Crippen molar-refractivity contribution >= 4 is 62.7 Å². The van der Waals surface area contributed by atoms with Crippen molar-refractivity contribution in [2.24, 2.45) is 0 Å². The number of aromatic nitrogens is 5. The quantitative estimate of drug-likeness (QED) is 0.425. The lowest BCUT2D eigenvalue weighted by molar-refractivity contribution is -0.113. The van der Waals surface area contributed by atoms with Crippen LogP contribution >= 0.6 is 34.7 Å². The number of hydrogen-bond donors (Lipinski definition) is 3. The smallest absolute Gasteiger partial charge is 0.236 e. The van der Waals surface area contributed by atoms with E-state index in [9.17, 15) is 4.79 Å². The number of nitrogens with one attached hydrogen (secondary N) is 2. The number of fused-ring (bicyclic) bond motifs is 1. The number of thiazole rings is 1. The predicted molar refractivity (Wildman–Crippen MR) is 108 cm³/mol. The van der Waals surface area contributed by atoms with Gasteiger partial charge in [-0.1, -0.05) is 35.5 Å². The van der Waals surface area contributed by atoms with Gasteiger partial charge in [-0.25, -0.2) is 19.9 Å². The van der Waals surface area contributed by atoms with Crippen LogP contribution in [0.15, 0.2) is 41.1 Å². The Kier molecular flexibility index (Phi) is 4.92. The van der Waals surface area contributed by atoms with Gasteiger partial charge in [-0.15, -0.1) is 11.3 Å². The van der Waals surface area contributed by atoms with Gasteiger partial charge in [0.1, 0.15) is 11.8 Å². The molecule has 0 radical (unpaired) electrons. The van der Waals surface area contributed by atoms with E-state index in [4.69, 9.17) is 17.3 Å². The molecule has 0 fully saturated rings. The van der Waals surface area contributed by atoms with Crippen molar-refractivity contribution in [3.8, 4) is 11.3 Å². The third-order valence-electron chi connectivity index (χ3n) is 3.53. The highest BCUT2D eigenvalue weighted by Gasteiger charge is 2.12. The van der Waals surface area contributed by atoms with Crippen LogP contribution < -0.4 is 11.1 Å². The maximum absolute atomic E-state index is 12.2. The average Bonchev–Trinajstić information content (AvgIpc) is 3.28. The summed E-state index contributed by atoms with van der Waals surface area (Å²) in [5.41, 5.74) is 8.51. The fourth-order valence-electron chi connectivity index (χ4n) is 2.27. The second kappa shape index (κ2) is 7.51. The highest BCUT2D eigenvalue weighted by atomic mass is 35.5. The van der Waals surface area contributed by atoms with E-state index in [0.29, 0.717) is 32.3 Å². The molecule has 8 nitrogen and oxygen atoms in total. The zero-order valence-corrected chi connectivity index (χ0v) is 16.0. The zero-order valence-electron chi connectivity index (χ0n) is 13.6. The Morgan fingerprint density at radius 1 is 1.26 bits per heavy atom. The van der Waals surface area contributed by atoms with Gasteiger partial charge in [-0.2, -0.15) is 0 Å². The molecule has 11 heteroatoms. The SMILES string of the molecule is Nc1ncnc2nc(SCC(=O)Nc3nc(-c4ccc(Cl)cc4)cs3)[nH]c12. The Morgan fingerprint density at radius 2 is 2.07 bits per heavy atom. The molecule has 0 saturated heterocycles. The number of carbonyl (C=O) groups is 1. The first kappa shape index (κ1) is 17.7. The lowest BCUT2D eigenvalue weighted by Gasteiger charge is -2.00. The summed E-state index contributed by atoms with van der Waals surface area (Å²) in [6, 6.07) is 7.37. The minimum atomic E-state index is -0.184. The van der Waals surface area contributed by atoms with E-state index in [2.05, 4.69) is 30.2 Å². The Labute approximate surface area is 166 Å². The number of amides is 1. The number of nitrogens with zero attached hydrogens (tertiary/aromatic N) is 4. The Bertz CT molecular complexity index is 1110. The molecule has 0 aliphatic rings.